The molecular formula is C16H25NO3. The molecule has 1 rings (SSSR count). The van der Waals surface area contributed by atoms with Crippen LogP contribution in [0, 0.1) is 0 Å². The number of carboxylic acid groups (broad SMARTS) is 1. The maximum absolute atomic E-state index is 10.8. The van der Waals surface area contributed by atoms with Crippen LogP contribution in [0.1, 0.15) is 32.8 Å². The number of carbonyl (C=O) groups is 1. The highest BCUT2D eigenvalue weighted by atomic mass is 16.5. The normalized spacial score (nSPS) is 12.7. The van der Waals surface area contributed by atoms with Crippen LogP contribution in [0.3, 0.4) is 0 Å². The SMILES string of the molecule is COc1ccccc1CC(C)N(CCC(=O)O)C(C)C. The van der Waals surface area contributed by atoms with Crippen LogP contribution in [-0.4, -0.2) is 41.7 Å². The summed E-state index contributed by atoms with van der Waals surface area (Å²) in [5, 5.41) is 8.85. The molecule has 0 aromatic heterocycles. The van der Waals surface area contributed by atoms with Crippen LogP contribution in [0.15, 0.2) is 24.3 Å². The molecule has 0 bridgehead atoms. The van der Waals surface area contributed by atoms with E-state index in [1.807, 2.05) is 18.2 Å². The van der Waals surface area contributed by atoms with E-state index in [2.05, 4.69) is 31.7 Å². The van der Waals surface area contributed by atoms with E-state index in [4.69, 9.17) is 9.84 Å². The van der Waals surface area contributed by atoms with Gasteiger partial charge in [-0.25, -0.2) is 0 Å². The van der Waals surface area contributed by atoms with Gasteiger partial charge in [0.2, 0.25) is 0 Å². The molecule has 0 fully saturated rings. The van der Waals surface area contributed by atoms with Crippen LogP contribution in [0.2, 0.25) is 0 Å². The molecule has 0 aliphatic rings. The molecule has 0 spiro atoms. The standard InChI is InChI=1S/C16H25NO3/c1-12(2)17(10-9-16(18)19)13(3)11-14-7-5-6-8-15(14)20-4/h5-8,12-13H,9-11H2,1-4H3,(H,18,19). The average molecular weight is 279 g/mol. The van der Waals surface area contributed by atoms with Gasteiger partial charge in [-0.1, -0.05) is 18.2 Å². The minimum Gasteiger partial charge on any atom is -0.496 e. The number of hydrogen-bond donors (Lipinski definition) is 1. The van der Waals surface area contributed by atoms with Gasteiger partial charge in [0, 0.05) is 18.6 Å². The van der Waals surface area contributed by atoms with E-state index in [9.17, 15) is 4.79 Å². The summed E-state index contributed by atoms with van der Waals surface area (Å²) < 4.78 is 5.37. The lowest BCUT2D eigenvalue weighted by atomic mass is 10.0. The first kappa shape index (κ1) is 16.5. The third kappa shape index (κ3) is 4.85. The van der Waals surface area contributed by atoms with Gasteiger partial charge in [0.15, 0.2) is 0 Å². The van der Waals surface area contributed by atoms with Crippen molar-refractivity contribution in [2.75, 3.05) is 13.7 Å². The highest BCUT2D eigenvalue weighted by Crippen LogP contribution is 2.21. The second-order valence-corrected chi connectivity index (χ2v) is 5.34. The summed E-state index contributed by atoms with van der Waals surface area (Å²) in [6.45, 7) is 6.90. The van der Waals surface area contributed by atoms with Crippen molar-refractivity contribution in [1.82, 2.24) is 4.90 Å². The van der Waals surface area contributed by atoms with Crippen molar-refractivity contribution in [2.24, 2.45) is 0 Å². The molecule has 0 aliphatic carbocycles. The van der Waals surface area contributed by atoms with Gasteiger partial charge < -0.3 is 9.84 Å². The maximum Gasteiger partial charge on any atom is 0.304 e. The number of methoxy groups -OCH3 is 1. The van der Waals surface area contributed by atoms with Crippen molar-refractivity contribution in [3.05, 3.63) is 29.8 Å². The lowest BCUT2D eigenvalue weighted by Gasteiger charge is -2.32. The van der Waals surface area contributed by atoms with Crippen molar-refractivity contribution in [2.45, 2.75) is 45.7 Å². The van der Waals surface area contributed by atoms with Gasteiger partial charge in [0.05, 0.1) is 13.5 Å². The quantitative estimate of drug-likeness (QED) is 0.795. The molecule has 1 atom stereocenters. The molecule has 1 N–H and O–H groups in total. The average Bonchev–Trinajstić information content (AvgIpc) is 2.38. The van der Waals surface area contributed by atoms with Crippen molar-refractivity contribution in [3.63, 3.8) is 0 Å². The van der Waals surface area contributed by atoms with Crippen molar-refractivity contribution < 1.29 is 14.6 Å². The van der Waals surface area contributed by atoms with Crippen molar-refractivity contribution in [3.8, 4) is 5.75 Å². The molecule has 0 aliphatic heterocycles. The van der Waals surface area contributed by atoms with Crippen LogP contribution in [0.25, 0.3) is 0 Å². The molecule has 0 heterocycles. The van der Waals surface area contributed by atoms with Crippen LogP contribution >= 0.6 is 0 Å². The molecule has 1 aromatic rings. The molecule has 0 radical (unpaired) electrons. The molecule has 4 heteroatoms. The fourth-order valence-electron chi connectivity index (χ4n) is 2.52. The van der Waals surface area contributed by atoms with E-state index in [1.165, 1.54) is 0 Å². The molecule has 0 saturated heterocycles. The highest BCUT2D eigenvalue weighted by Gasteiger charge is 2.19. The van der Waals surface area contributed by atoms with Crippen molar-refractivity contribution >= 4 is 5.97 Å². The fourth-order valence-corrected chi connectivity index (χ4v) is 2.52. The lowest BCUT2D eigenvalue weighted by molar-refractivity contribution is -0.137. The number of para-hydroxylation sites is 1. The van der Waals surface area contributed by atoms with Crippen molar-refractivity contribution in [1.29, 1.82) is 0 Å². The summed E-state index contributed by atoms with van der Waals surface area (Å²) in [6, 6.07) is 8.56. The third-order valence-electron chi connectivity index (χ3n) is 3.52. The second kappa shape index (κ2) is 7.90. The van der Waals surface area contributed by atoms with Gasteiger partial charge in [0.25, 0.3) is 0 Å². The number of ether oxygens (including phenoxy) is 1. The van der Waals surface area contributed by atoms with E-state index in [-0.39, 0.29) is 12.5 Å². The van der Waals surface area contributed by atoms with E-state index in [1.54, 1.807) is 7.11 Å². The van der Waals surface area contributed by atoms with E-state index in [0.29, 0.717) is 12.6 Å². The minimum absolute atomic E-state index is 0.175. The number of rotatable bonds is 8. The molecule has 1 unspecified atom stereocenters. The lowest BCUT2D eigenvalue weighted by Crippen LogP contribution is -2.41. The Kier molecular flexibility index (Phi) is 6.52. The Hall–Kier alpha value is -1.55. The third-order valence-corrected chi connectivity index (χ3v) is 3.52. The van der Waals surface area contributed by atoms with Gasteiger partial charge in [0.1, 0.15) is 5.75 Å². The molecule has 0 amide bonds. The Morgan fingerprint density at radius 3 is 2.50 bits per heavy atom. The van der Waals surface area contributed by atoms with Crippen LogP contribution < -0.4 is 4.74 Å². The number of hydrogen-bond acceptors (Lipinski definition) is 3. The van der Waals surface area contributed by atoms with Crippen LogP contribution in [-0.2, 0) is 11.2 Å². The number of aliphatic carboxylic acids is 1. The highest BCUT2D eigenvalue weighted by molar-refractivity contribution is 5.66. The fraction of sp³-hybridized carbons (Fsp3) is 0.562. The Labute approximate surface area is 121 Å². The van der Waals surface area contributed by atoms with E-state index >= 15 is 0 Å². The zero-order valence-corrected chi connectivity index (χ0v) is 12.8. The first-order valence-corrected chi connectivity index (χ1v) is 7.05. The smallest absolute Gasteiger partial charge is 0.304 e. The molecule has 0 saturated carbocycles. The molecule has 1 aromatic carbocycles. The zero-order valence-electron chi connectivity index (χ0n) is 12.8. The van der Waals surface area contributed by atoms with Gasteiger partial charge in [-0.3, -0.25) is 9.69 Å². The van der Waals surface area contributed by atoms with Gasteiger partial charge in [-0.15, -0.1) is 0 Å². The Morgan fingerprint density at radius 2 is 1.95 bits per heavy atom. The molecule has 4 nitrogen and oxygen atoms in total. The topological polar surface area (TPSA) is 49.8 Å². The summed E-state index contributed by atoms with van der Waals surface area (Å²) in [4.78, 5) is 13.0. The van der Waals surface area contributed by atoms with Gasteiger partial charge in [-0.05, 0) is 38.8 Å². The summed E-state index contributed by atoms with van der Waals surface area (Å²) in [5.74, 6) is 0.140. The van der Waals surface area contributed by atoms with Gasteiger partial charge in [-0.2, -0.15) is 0 Å². The van der Waals surface area contributed by atoms with Crippen LogP contribution in [0.4, 0.5) is 0 Å². The predicted molar refractivity (Wildman–Crippen MR) is 80.3 cm³/mol. The summed E-state index contributed by atoms with van der Waals surface area (Å²) in [5.41, 5.74) is 1.16. The number of benzene rings is 1. The summed E-state index contributed by atoms with van der Waals surface area (Å²) in [6.07, 6.45) is 1.02. The first-order valence-electron chi connectivity index (χ1n) is 7.05. The Balaban J connectivity index is 2.74. The Bertz CT molecular complexity index is 431. The summed E-state index contributed by atoms with van der Waals surface area (Å²) in [7, 11) is 1.67. The second-order valence-electron chi connectivity index (χ2n) is 5.34. The van der Waals surface area contributed by atoms with E-state index < -0.39 is 5.97 Å². The van der Waals surface area contributed by atoms with Crippen LogP contribution in [0.5, 0.6) is 5.75 Å². The zero-order chi connectivity index (χ0) is 15.1. The van der Waals surface area contributed by atoms with E-state index in [0.717, 1.165) is 17.7 Å². The van der Waals surface area contributed by atoms with Gasteiger partial charge >= 0.3 is 5.97 Å². The summed E-state index contributed by atoms with van der Waals surface area (Å²) >= 11 is 0. The molecule has 112 valence electrons. The number of carboxylic acids is 1. The minimum atomic E-state index is -0.750. The largest absolute Gasteiger partial charge is 0.496 e. The molecule has 20 heavy (non-hydrogen) atoms. The predicted octanol–water partition coefficient (Wildman–Crippen LogP) is 2.81. The monoisotopic (exact) mass is 279 g/mol. The molecular weight excluding hydrogens is 254 g/mol. The maximum atomic E-state index is 10.8. The number of nitrogens with zero attached hydrogens (tertiary/aromatic N) is 1. The Morgan fingerprint density at radius 1 is 1.30 bits per heavy atom. The first-order chi connectivity index (χ1) is 9.45.